The van der Waals surface area contributed by atoms with Crippen LogP contribution in [0.4, 0.5) is 26.3 Å². The molecule has 0 saturated carbocycles. The van der Waals surface area contributed by atoms with Gasteiger partial charge in [0.25, 0.3) is 0 Å². The summed E-state index contributed by atoms with van der Waals surface area (Å²) in [5.74, 6) is -2.89. The molecule has 158 valence electrons. The fraction of sp³-hybridized carbons (Fsp3) is 0.750. The molecule has 0 saturated heterocycles. The lowest BCUT2D eigenvalue weighted by atomic mass is 10.1. The predicted octanol–water partition coefficient (Wildman–Crippen LogP) is 0.630. The van der Waals surface area contributed by atoms with Gasteiger partial charge in [0.15, 0.2) is 0 Å². The fourth-order valence-corrected chi connectivity index (χ4v) is 2.19. The Bertz CT molecular complexity index is 509. The van der Waals surface area contributed by atoms with Crippen LogP contribution in [0.3, 0.4) is 0 Å². The van der Waals surface area contributed by atoms with Crippen molar-refractivity contribution in [3.05, 3.63) is 0 Å². The van der Waals surface area contributed by atoms with Crippen molar-refractivity contribution >= 4 is 17.9 Å². The molecular formula is C12H21F6N7O2. The molecule has 0 rings (SSSR count). The lowest BCUT2D eigenvalue weighted by Gasteiger charge is -2.30. The first-order valence-electron chi connectivity index (χ1n) is 7.45. The van der Waals surface area contributed by atoms with E-state index < -0.39 is 55.8 Å². The van der Waals surface area contributed by atoms with Crippen molar-refractivity contribution in [2.45, 2.75) is 37.7 Å². The number of unbranched alkanes of at least 4 members (excludes halogenated alkanes) is 1. The molecule has 1 unspecified atom stereocenters. The van der Waals surface area contributed by atoms with Gasteiger partial charge in [0, 0.05) is 6.54 Å². The monoisotopic (exact) mass is 409 g/mol. The first kappa shape index (κ1) is 24.6. The number of carboxylic acids is 1. The summed E-state index contributed by atoms with van der Waals surface area (Å²) < 4.78 is 75.1. The van der Waals surface area contributed by atoms with E-state index >= 15 is 0 Å². The highest BCUT2D eigenvalue weighted by Gasteiger charge is 2.42. The molecule has 0 fully saturated rings. The van der Waals surface area contributed by atoms with Crippen molar-refractivity contribution < 1.29 is 36.2 Å². The number of nitrogens with one attached hydrogen (secondary N) is 3. The van der Waals surface area contributed by atoms with E-state index in [1.54, 1.807) is 0 Å². The molecule has 0 aromatic carbocycles. The van der Waals surface area contributed by atoms with E-state index in [0.717, 1.165) is 5.01 Å². The molecule has 0 bridgehead atoms. The summed E-state index contributed by atoms with van der Waals surface area (Å²) >= 11 is 0. The number of hydrazine groups is 1. The Labute approximate surface area is 150 Å². The molecule has 0 aliphatic carbocycles. The minimum Gasteiger partial charge on any atom is -0.480 e. The molecule has 0 heterocycles. The van der Waals surface area contributed by atoms with E-state index in [1.165, 1.54) is 0 Å². The predicted molar refractivity (Wildman–Crippen MR) is 82.6 cm³/mol. The highest BCUT2D eigenvalue weighted by Crippen LogP contribution is 2.25. The zero-order valence-electron chi connectivity index (χ0n) is 14.0. The van der Waals surface area contributed by atoms with E-state index in [9.17, 15) is 31.1 Å². The molecular weight excluding hydrogens is 388 g/mol. The van der Waals surface area contributed by atoms with Crippen LogP contribution in [0.15, 0.2) is 0 Å². The molecule has 15 heteroatoms. The van der Waals surface area contributed by atoms with Gasteiger partial charge in [0.05, 0.1) is 13.1 Å². The maximum absolute atomic E-state index is 12.5. The largest absolute Gasteiger partial charge is 0.480 e. The van der Waals surface area contributed by atoms with Crippen molar-refractivity contribution in [3.63, 3.8) is 0 Å². The number of alkyl halides is 6. The van der Waals surface area contributed by atoms with Crippen LogP contribution in [0.5, 0.6) is 0 Å². The third-order valence-electron chi connectivity index (χ3n) is 3.15. The quantitative estimate of drug-likeness (QED) is 0.107. The topological polar surface area (TPSA) is 156 Å². The molecule has 9 nitrogen and oxygen atoms in total. The number of rotatable bonds is 9. The summed E-state index contributed by atoms with van der Waals surface area (Å²) in [6.07, 6.45) is -10.5. The van der Waals surface area contributed by atoms with E-state index in [0.29, 0.717) is 0 Å². The Morgan fingerprint density at radius 1 is 1.04 bits per heavy atom. The third kappa shape index (κ3) is 11.7. The summed E-state index contributed by atoms with van der Waals surface area (Å²) in [5.41, 5.74) is 12.5. The molecule has 0 amide bonds. The lowest BCUT2D eigenvalue weighted by molar-refractivity contribution is -0.191. The number of nitrogens with two attached hydrogens (primary N) is 2. The van der Waals surface area contributed by atoms with Crippen molar-refractivity contribution in [2.75, 3.05) is 19.6 Å². The number of aliphatic carboxylic acids is 1. The Morgan fingerprint density at radius 2 is 1.52 bits per heavy atom. The first-order valence-corrected chi connectivity index (χ1v) is 7.45. The van der Waals surface area contributed by atoms with E-state index in [4.69, 9.17) is 27.4 Å². The van der Waals surface area contributed by atoms with Crippen LogP contribution in [0, 0.1) is 10.8 Å². The average Bonchev–Trinajstić information content (AvgIpc) is 2.40. The van der Waals surface area contributed by atoms with Gasteiger partial charge in [-0.05, 0) is 19.3 Å². The Balaban J connectivity index is 4.94. The van der Waals surface area contributed by atoms with Gasteiger partial charge >= 0.3 is 18.3 Å². The van der Waals surface area contributed by atoms with Crippen LogP contribution in [0.25, 0.3) is 0 Å². The minimum absolute atomic E-state index is 0.0650. The molecule has 0 aromatic heterocycles. The second-order valence-electron chi connectivity index (χ2n) is 5.55. The third-order valence-corrected chi connectivity index (χ3v) is 3.15. The number of guanidine groups is 2. The molecule has 1 atom stereocenters. The summed E-state index contributed by atoms with van der Waals surface area (Å²) in [4.78, 5) is 11.0. The normalized spacial score (nSPS) is 13.3. The van der Waals surface area contributed by atoms with Gasteiger partial charge in [0.2, 0.25) is 11.9 Å². The highest BCUT2D eigenvalue weighted by molar-refractivity contribution is 5.80. The summed E-state index contributed by atoms with van der Waals surface area (Å²) in [6.45, 7) is -4.11. The van der Waals surface area contributed by atoms with Crippen LogP contribution in [-0.4, -0.2) is 70.9 Å². The van der Waals surface area contributed by atoms with Gasteiger partial charge < -0.3 is 16.6 Å². The summed E-state index contributed by atoms with van der Waals surface area (Å²) in [5, 5.41) is 24.2. The Morgan fingerprint density at radius 3 is 1.85 bits per heavy atom. The van der Waals surface area contributed by atoms with Crippen molar-refractivity contribution in [2.24, 2.45) is 11.5 Å². The van der Waals surface area contributed by atoms with Gasteiger partial charge in [-0.2, -0.15) is 26.3 Å². The maximum Gasteiger partial charge on any atom is 0.401 e. The van der Waals surface area contributed by atoms with Gasteiger partial charge in [-0.25, -0.2) is 0 Å². The molecule has 0 aromatic rings. The van der Waals surface area contributed by atoms with E-state index in [-0.39, 0.29) is 24.3 Å². The second-order valence-corrected chi connectivity index (χ2v) is 5.55. The fourth-order valence-electron chi connectivity index (χ4n) is 2.19. The van der Waals surface area contributed by atoms with E-state index in [2.05, 4.69) is 5.43 Å². The first-order chi connectivity index (χ1) is 12.1. The summed E-state index contributed by atoms with van der Waals surface area (Å²) in [7, 11) is 0. The molecule has 8 N–H and O–H groups in total. The Hall–Kier alpha value is -2.45. The molecule has 27 heavy (non-hydrogen) atoms. The number of nitrogens with zero attached hydrogens (tertiary/aromatic N) is 2. The molecule has 0 aliphatic rings. The number of hydrogen-bond donors (Lipinski definition) is 6. The SMILES string of the molecule is N=C(N)NN(CCCCC(C(=O)O)N(CC(F)(F)F)CC(F)(F)F)C(=N)N. The van der Waals surface area contributed by atoms with Gasteiger partial charge in [-0.3, -0.25) is 30.9 Å². The number of carbonyl (C=O) groups is 1. The van der Waals surface area contributed by atoms with Crippen molar-refractivity contribution in [3.8, 4) is 0 Å². The standard InChI is InChI=1S/C12H21F6N7O2/c13-11(14,15)5-24(6-12(16,17)18)7(8(26)27)3-1-2-4-25(10(21)22)23-9(19)20/h7H,1-6H2,(H3,21,22)(H,26,27)(H4,19,20,23). The lowest BCUT2D eigenvalue weighted by Crippen LogP contribution is -2.52. The van der Waals surface area contributed by atoms with Crippen LogP contribution in [0.2, 0.25) is 0 Å². The van der Waals surface area contributed by atoms with Crippen molar-refractivity contribution in [1.82, 2.24) is 15.3 Å². The molecule has 0 spiro atoms. The van der Waals surface area contributed by atoms with Gasteiger partial charge in [-0.15, -0.1) is 0 Å². The number of carboxylic acid groups (broad SMARTS) is 1. The minimum atomic E-state index is -5.00. The number of halogens is 6. The Kier molecular flexibility index (Phi) is 9.12. The zero-order valence-corrected chi connectivity index (χ0v) is 14.0. The van der Waals surface area contributed by atoms with Crippen molar-refractivity contribution in [1.29, 1.82) is 10.8 Å². The summed E-state index contributed by atoms with van der Waals surface area (Å²) in [6, 6.07) is -2.00. The molecule has 0 aliphatic heterocycles. The van der Waals surface area contributed by atoms with Gasteiger partial charge in [-0.1, -0.05) is 0 Å². The smallest absolute Gasteiger partial charge is 0.401 e. The van der Waals surface area contributed by atoms with Crippen LogP contribution >= 0.6 is 0 Å². The van der Waals surface area contributed by atoms with E-state index in [1.807, 2.05) is 0 Å². The maximum atomic E-state index is 12.5. The van der Waals surface area contributed by atoms with Crippen LogP contribution in [0.1, 0.15) is 19.3 Å². The molecule has 0 radical (unpaired) electrons. The van der Waals surface area contributed by atoms with Crippen LogP contribution < -0.4 is 16.9 Å². The van der Waals surface area contributed by atoms with Crippen LogP contribution in [-0.2, 0) is 4.79 Å². The van der Waals surface area contributed by atoms with Gasteiger partial charge in [0.1, 0.15) is 6.04 Å². The highest BCUT2D eigenvalue weighted by atomic mass is 19.4. The number of hydrogen-bond acceptors (Lipinski definition) is 4. The second kappa shape index (κ2) is 10.0. The average molecular weight is 409 g/mol. The zero-order chi connectivity index (χ0) is 21.4.